The Bertz CT molecular complexity index is 1460. The van der Waals surface area contributed by atoms with E-state index in [2.05, 4.69) is 0 Å². The van der Waals surface area contributed by atoms with Gasteiger partial charge in [0.1, 0.15) is 0 Å². The first kappa shape index (κ1) is 33.6. The van der Waals surface area contributed by atoms with Crippen molar-refractivity contribution in [3.63, 3.8) is 0 Å². The molecule has 42 heavy (non-hydrogen) atoms. The molecule has 0 saturated carbocycles. The van der Waals surface area contributed by atoms with E-state index in [1.807, 2.05) is 13.8 Å². The van der Waals surface area contributed by atoms with E-state index in [1.165, 1.54) is 28.6 Å². The van der Waals surface area contributed by atoms with Crippen molar-refractivity contribution in [3.8, 4) is 0 Å². The van der Waals surface area contributed by atoms with E-state index in [9.17, 15) is 35.2 Å². The van der Waals surface area contributed by atoms with Crippen molar-refractivity contribution in [2.75, 3.05) is 32.8 Å². The second kappa shape index (κ2) is 13.1. The van der Waals surface area contributed by atoms with Gasteiger partial charge in [0.15, 0.2) is 0 Å². The summed E-state index contributed by atoms with van der Waals surface area (Å²) in [7, 11) is -7.33. The molecule has 232 valence electrons. The smallest absolute Gasteiger partial charge is 0.343 e. The monoisotopic (exact) mass is 630 g/mol. The number of halogens is 2. The number of carboxylic acids is 1. The average Bonchev–Trinajstić information content (AvgIpc) is 2.94. The number of esters is 1. The normalized spacial score (nSPS) is 19.3. The van der Waals surface area contributed by atoms with Gasteiger partial charge in [-0.2, -0.15) is 8.61 Å². The molecular weight excluding hydrogens is 594 g/mol. The molecule has 0 aliphatic carbocycles. The van der Waals surface area contributed by atoms with Crippen molar-refractivity contribution in [2.24, 2.45) is 0 Å². The van der Waals surface area contributed by atoms with E-state index in [4.69, 9.17) is 9.84 Å². The second-order valence-electron chi connectivity index (χ2n) is 10.4. The Hall–Kier alpha value is -2.94. The molecule has 2 saturated heterocycles. The molecule has 4 rings (SSSR count). The number of nitrogens with zero attached hydrogens (tertiary/aromatic N) is 2. The first-order chi connectivity index (χ1) is 19.5. The molecule has 2 heterocycles. The van der Waals surface area contributed by atoms with Crippen molar-refractivity contribution >= 4 is 32.0 Å². The molecule has 2 aromatic rings. The predicted octanol–water partition coefficient (Wildman–Crippen LogP) is 3.62. The summed E-state index contributed by atoms with van der Waals surface area (Å²) in [6.45, 7) is 5.11. The van der Waals surface area contributed by atoms with Gasteiger partial charge in [0.05, 0.1) is 16.4 Å². The first-order valence-electron chi connectivity index (χ1n) is 13.5. The lowest BCUT2D eigenvalue weighted by Gasteiger charge is -2.33. The lowest BCUT2D eigenvalue weighted by atomic mass is 9.95. The molecule has 0 atom stereocenters. The van der Waals surface area contributed by atoms with Crippen LogP contribution in [0.4, 0.5) is 8.78 Å². The highest BCUT2D eigenvalue weighted by Crippen LogP contribution is 2.32. The molecule has 14 heteroatoms. The van der Waals surface area contributed by atoms with Gasteiger partial charge < -0.3 is 9.84 Å². The molecule has 0 radical (unpaired) electrons. The summed E-state index contributed by atoms with van der Waals surface area (Å²) in [6.07, 6.45) is -1.02. The minimum absolute atomic E-state index is 0.0362. The van der Waals surface area contributed by atoms with E-state index < -0.39 is 43.3 Å². The van der Waals surface area contributed by atoms with Gasteiger partial charge in [-0.1, -0.05) is 35.4 Å². The number of rotatable bonds is 7. The molecule has 0 spiro atoms. The number of carboxylic acid groups (broad SMARTS) is 1. The molecule has 0 aromatic heterocycles. The summed E-state index contributed by atoms with van der Waals surface area (Å²) in [5, 5.41) is 8.79. The Balaban J connectivity index is 0.000000231. The summed E-state index contributed by atoms with van der Waals surface area (Å²) in [5.41, 5.74) is -2.51. The number of ether oxygens (including phenoxy) is 1. The molecule has 2 aromatic carbocycles. The molecule has 0 amide bonds. The highest BCUT2D eigenvalue weighted by Gasteiger charge is 2.46. The third-order valence-electron chi connectivity index (χ3n) is 7.37. The molecule has 10 nitrogen and oxygen atoms in total. The quantitative estimate of drug-likeness (QED) is 0.458. The number of sulfonamides is 2. The highest BCUT2D eigenvalue weighted by atomic mass is 32.2. The molecule has 2 fully saturated rings. The van der Waals surface area contributed by atoms with Crippen LogP contribution < -0.4 is 0 Å². The van der Waals surface area contributed by atoms with E-state index >= 15 is 0 Å². The number of hydrogen-bond acceptors (Lipinski definition) is 7. The number of alkyl halides is 2. The fourth-order valence-electron chi connectivity index (χ4n) is 4.56. The largest absolute Gasteiger partial charge is 0.479 e. The maximum Gasteiger partial charge on any atom is 0.343 e. The minimum Gasteiger partial charge on any atom is -0.479 e. The van der Waals surface area contributed by atoms with Crippen LogP contribution in [0.1, 0.15) is 43.7 Å². The van der Waals surface area contributed by atoms with Gasteiger partial charge in [-0.05, 0) is 45.0 Å². The predicted molar refractivity (Wildman–Crippen MR) is 150 cm³/mol. The number of carbonyl (C=O) groups excluding carboxylic acids is 1. The second-order valence-corrected chi connectivity index (χ2v) is 14.3. The minimum atomic E-state index is -3.68. The molecule has 2 aliphatic rings. The topological polar surface area (TPSA) is 138 Å². The zero-order valence-corrected chi connectivity index (χ0v) is 25.4. The van der Waals surface area contributed by atoms with E-state index in [-0.39, 0.29) is 68.3 Å². The zero-order chi connectivity index (χ0) is 31.3. The maximum atomic E-state index is 14.5. The van der Waals surface area contributed by atoms with Crippen molar-refractivity contribution in [2.45, 2.75) is 67.6 Å². The molecule has 2 aliphatic heterocycles. The van der Waals surface area contributed by atoms with Crippen LogP contribution >= 0.6 is 0 Å². The number of hydrogen-bond donors (Lipinski definition) is 1. The third kappa shape index (κ3) is 7.52. The highest BCUT2D eigenvalue weighted by molar-refractivity contribution is 7.89. The van der Waals surface area contributed by atoms with Gasteiger partial charge in [0.25, 0.3) is 0 Å². The summed E-state index contributed by atoms with van der Waals surface area (Å²) in [6, 6.07) is 12.9. The fraction of sp³-hybridized carbons (Fsp3) is 0.500. The van der Waals surface area contributed by atoms with E-state index in [1.54, 1.807) is 31.2 Å². The van der Waals surface area contributed by atoms with Gasteiger partial charge in [-0.25, -0.2) is 35.2 Å². The van der Waals surface area contributed by atoms with Crippen LogP contribution in [0.2, 0.25) is 0 Å². The van der Waals surface area contributed by atoms with Crippen molar-refractivity contribution in [1.82, 2.24) is 8.61 Å². The van der Waals surface area contributed by atoms with Gasteiger partial charge in [-0.3, -0.25) is 0 Å². The summed E-state index contributed by atoms with van der Waals surface area (Å²) in [4.78, 5) is 22.7. The van der Waals surface area contributed by atoms with Crippen LogP contribution in [0, 0.1) is 13.8 Å². The lowest BCUT2D eigenvalue weighted by molar-refractivity contribution is -0.160. The Morgan fingerprint density at radius 2 is 1.07 bits per heavy atom. The Labute approximate surface area is 245 Å². The van der Waals surface area contributed by atoms with Crippen molar-refractivity contribution in [3.05, 3.63) is 59.7 Å². The number of benzene rings is 2. The van der Waals surface area contributed by atoms with Crippen molar-refractivity contribution < 1.29 is 45.0 Å². The molecule has 0 bridgehead atoms. The van der Waals surface area contributed by atoms with Crippen LogP contribution in [0.5, 0.6) is 0 Å². The molecule has 1 N–H and O–H groups in total. The summed E-state index contributed by atoms with van der Waals surface area (Å²) < 4.78 is 85.1. The number of carbonyl (C=O) groups is 2. The summed E-state index contributed by atoms with van der Waals surface area (Å²) in [5.74, 6) is -2.42. The van der Waals surface area contributed by atoms with Crippen LogP contribution in [-0.4, -0.2) is 86.6 Å². The number of piperidine rings is 2. The van der Waals surface area contributed by atoms with Crippen molar-refractivity contribution in [1.29, 1.82) is 0 Å². The maximum absolute atomic E-state index is 14.5. The first-order valence-corrected chi connectivity index (χ1v) is 16.4. The number of aryl methyl sites for hydroxylation is 2. The van der Waals surface area contributed by atoms with Crippen LogP contribution in [0.15, 0.2) is 58.3 Å². The Kier molecular flexibility index (Phi) is 10.5. The summed E-state index contributed by atoms with van der Waals surface area (Å²) >= 11 is 0. The Morgan fingerprint density at radius 3 is 1.38 bits per heavy atom. The zero-order valence-electron chi connectivity index (χ0n) is 23.8. The standard InChI is InChI=1S/C15H20FNO4S.C13H16FNO4S/c1-3-21-14(18)15(16)8-10-17(11-9-15)22(19,20)13-6-4-12(2)5-7-13;1-10-2-4-11(5-3-10)20(18,19)15-8-6-13(14,7-9-15)12(16)17/h4-7H,3,8-11H2,1-2H3;2-5H,6-9H2,1H3,(H,16,17). The van der Waals surface area contributed by atoms with Crippen LogP contribution in [0.25, 0.3) is 0 Å². The van der Waals surface area contributed by atoms with E-state index in [0.29, 0.717) is 0 Å². The van der Waals surface area contributed by atoms with Gasteiger partial charge in [0.2, 0.25) is 31.4 Å². The van der Waals surface area contributed by atoms with Gasteiger partial charge in [0, 0.05) is 51.9 Å². The SMILES string of the molecule is CCOC(=O)C1(F)CCN(S(=O)(=O)c2ccc(C)cc2)CC1.Cc1ccc(S(=O)(=O)N2CCC(F)(C(=O)O)CC2)cc1. The van der Waals surface area contributed by atoms with Gasteiger partial charge in [-0.15, -0.1) is 0 Å². The average molecular weight is 631 g/mol. The lowest BCUT2D eigenvalue weighted by Crippen LogP contribution is -2.48. The molecule has 0 unspecified atom stereocenters. The molecular formula is C28H36F2N2O8S2. The van der Waals surface area contributed by atoms with Gasteiger partial charge >= 0.3 is 11.9 Å². The van der Waals surface area contributed by atoms with Crippen LogP contribution in [-0.2, 0) is 34.4 Å². The van der Waals surface area contributed by atoms with Crippen LogP contribution in [0.3, 0.4) is 0 Å². The van der Waals surface area contributed by atoms with E-state index in [0.717, 1.165) is 15.4 Å². The Morgan fingerprint density at radius 1 is 0.738 bits per heavy atom. The number of aliphatic carboxylic acids is 1. The fourth-order valence-corrected chi connectivity index (χ4v) is 7.44. The third-order valence-corrected chi connectivity index (χ3v) is 11.2.